The van der Waals surface area contributed by atoms with E-state index in [0.29, 0.717) is 42.9 Å². The predicted octanol–water partition coefficient (Wildman–Crippen LogP) is 3.33. The summed E-state index contributed by atoms with van der Waals surface area (Å²) < 4.78 is 44.0. The van der Waals surface area contributed by atoms with Crippen molar-refractivity contribution in [3.63, 3.8) is 0 Å². The summed E-state index contributed by atoms with van der Waals surface area (Å²) in [6.07, 6.45) is 0.154. The highest BCUT2D eigenvalue weighted by Gasteiger charge is 2.36. The summed E-state index contributed by atoms with van der Waals surface area (Å²) in [6.45, 7) is 1.06. The Morgan fingerprint density at radius 1 is 1.32 bits per heavy atom. The Bertz CT molecular complexity index is 874. The smallest absolute Gasteiger partial charge is 0.434 e. The third-order valence-electron chi connectivity index (χ3n) is 4.96. The number of aliphatic hydroxyl groups excluding tert-OH is 1. The molecule has 148 valence electrons. The van der Waals surface area contributed by atoms with Crippen LogP contribution in [0.15, 0.2) is 30.7 Å². The predicted molar refractivity (Wildman–Crippen MR) is 94.6 cm³/mol. The van der Waals surface area contributed by atoms with Crippen molar-refractivity contribution in [2.45, 2.75) is 25.1 Å². The Hall–Kier alpha value is -2.86. The molecule has 2 aromatic rings. The van der Waals surface area contributed by atoms with Crippen LogP contribution in [0.2, 0.25) is 0 Å². The van der Waals surface area contributed by atoms with Crippen molar-refractivity contribution < 1.29 is 23.0 Å². The van der Waals surface area contributed by atoms with E-state index in [1.807, 2.05) is 4.90 Å². The van der Waals surface area contributed by atoms with Gasteiger partial charge in [0.25, 0.3) is 0 Å². The fourth-order valence-electron chi connectivity index (χ4n) is 3.47. The van der Waals surface area contributed by atoms with Gasteiger partial charge in [-0.2, -0.15) is 18.4 Å². The van der Waals surface area contributed by atoms with Gasteiger partial charge in [-0.15, -0.1) is 0 Å². The quantitative estimate of drug-likeness (QED) is 0.860. The molecule has 0 spiro atoms. The van der Waals surface area contributed by atoms with Crippen LogP contribution < -0.4 is 9.64 Å². The SMILES string of the molecule is COc1ccncc1C(O)C1CCN(c2cnc(C(F)(F)F)c(C#N)c2)CC1. The number of ether oxygens (including phenoxy) is 1. The molecule has 1 saturated heterocycles. The summed E-state index contributed by atoms with van der Waals surface area (Å²) in [6, 6.07) is 4.48. The van der Waals surface area contributed by atoms with Gasteiger partial charge < -0.3 is 14.7 Å². The van der Waals surface area contributed by atoms with E-state index < -0.39 is 23.5 Å². The molecule has 3 rings (SSSR count). The highest BCUT2D eigenvalue weighted by Crippen LogP contribution is 2.37. The highest BCUT2D eigenvalue weighted by molar-refractivity contribution is 5.52. The average Bonchev–Trinajstić information content (AvgIpc) is 2.72. The summed E-state index contributed by atoms with van der Waals surface area (Å²) in [5.41, 5.74) is -0.581. The van der Waals surface area contributed by atoms with E-state index in [-0.39, 0.29) is 5.92 Å². The number of aromatic nitrogens is 2. The molecule has 1 atom stereocenters. The Labute approximate surface area is 160 Å². The molecule has 1 aliphatic rings. The summed E-state index contributed by atoms with van der Waals surface area (Å²) >= 11 is 0. The first-order valence-corrected chi connectivity index (χ1v) is 8.73. The van der Waals surface area contributed by atoms with Crippen LogP contribution >= 0.6 is 0 Å². The molecule has 28 heavy (non-hydrogen) atoms. The number of halogens is 3. The Kier molecular flexibility index (Phi) is 5.70. The lowest BCUT2D eigenvalue weighted by atomic mass is 9.87. The second-order valence-corrected chi connectivity index (χ2v) is 6.59. The van der Waals surface area contributed by atoms with E-state index in [2.05, 4.69) is 9.97 Å². The zero-order valence-corrected chi connectivity index (χ0v) is 15.1. The van der Waals surface area contributed by atoms with Crippen LogP contribution in [0.4, 0.5) is 18.9 Å². The van der Waals surface area contributed by atoms with E-state index in [1.165, 1.54) is 13.2 Å². The summed E-state index contributed by atoms with van der Waals surface area (Å²) in [7, 11) is 1.53. The minimum absolute atomic E-state index is 0.0350. The maximum atomic E-state index is 12.9. The molecule has 0 amide bonds. The minimum atomic E-state index is -4.66. The largest absolute Gasteiger partial charge is 0.496 e. The molecule has 1 fully saturated rings. The van der Waals surface area contributed by atoms with E-state index in [0.717, 1.165) is 6.20 Å². The summed E-state index contributed by atoms with van der Waals surface area (Å²) in [4.78, 5) is 9.37. The van der Waals surface area contributed by atoms with Crippen molar-refractivity contribution in [3.05, 3.63) is 47.5 Å². The molecule has 0 bridgehead atoms. The number of alkyl halides is 3. The van der Waals surface area contributed by atoms with Gasteiger partial charge in [-0.25, -0.2) is 4.98 Å². The molecule has 2 aromatic heterocycles. The molecule has 0 aromatic carbocycles. The lowest BCUT2D eigenvalue weighted by molar-refractivity contribution is -0.141. The fraction of sp³-hybridized carbons (Fsp3) is 0.421. The maximum Gasteiger partial charge on any atom is 0.434 e. The number of anilines is 1. The summed E-state index contributed by atoms with van der Waals surface area (Å²) in [5, 5.41) is 19.7. The molecule has 9 heteroatoms. The van der Waals surface area contributed by atoms with Crippen LogP contribution in [-0.2, 0) is 6.18 Å². The molecule has 0 saturated carbocycles. The molecular formula is C19H19F3N4O2. The van der Waals surface area contributed by atoms with E-state index >= 15 is 0 Å². The molecule has 0 aliphatic carbocycles. The minimum Gasteiger partial charge on any atom is -0.496 e. The number of piperidine rings is 1. The lowest BCUT2D eigenvalue weighted by Gasteiger charge is -2.35. The number of nitrogens with zero attached hydrogens (tertiary/aromatic N) is 4. The normalized spacial score (nSPS) is 16.5. The van der Waals surface area contributed by atoms with Gasteiger partial charge in [-0.3, -0.25) is 4.98 Å². The number of nitriles is 1. The monoisotopic (exact) mass is 392 g/mol. The number of aliphatic hydroxyl groups is 1. The van der Waals surface area contributed by atoms with Gasteiger partial charge in [0, 0.05) is 31.0 Å². The van der Waals surface area contributed by atoms with Crippen LogP contribution in [0, 0.1) is 17.2 Å². The fourth-order valence-corrected chi connectivity index (χ4v) is 3.47. The van der Waals surface area contributed by atoms with E-state index in [9.17, 15) is 18.3 Å². The Morgan fingerprint density at radius 2 is 2.04 bits per heavy atom. The first-order valence-electron chi connectivity index (χ1n) is 8.73. The van der Waals surface area contributed by atoms with Gasteiger partial charge in [0.2, 0.25) is 0 Å². The third kappa shape index (κ3) is 4.02. The van der Waals surface area contributed by atoms with Crippen LogP contribution in [0.1, 0.15) is 35.8 Å². The van der Waals surface area contributed by atoms with Crippen molar-refractivity contribution in [2.24, 2.45) is 5.92 Å². The number of hydrogen-bond acceptors (Lipinski definition) is 6. The molecule has 1 aliphatic heterocycles. The van der Waals surface area contributed by atoms with E-state index in [4.69, 9.17) is 10.00 Å². The maximum absolute atomic E-state index is 12.9. The van der Waals surface area contributed by atoms with Gasteiger partial charge >= 0.3 is 6.18 Å². The first-order chi connectivity index (χ1) is 13.3. The Balaban J connectivity index is 1.71. The van der Waals surface area contributed by atoms with Crippen molar-refractivity contribution >= 4 is 5.69 Å². The van der Waals surface area contributed by atoms with Gasteiger partial charge in [0.15, 0.2) is 5.69 Å². The van der Waals surface area contributed by atoms with Crippen LogP contribution in [0.5, 0.6) is 5.75 Å². The van der Waals surface area contributed by atoms with E-state index in [1.54, 1.807) is 24.5 Å². The van der Waals surface area contributed by atoms with Crippen LogP contribution in [0.25, 0.3) is 0 Å². The van der Waals surface area contributed by atoms with Crippen LogP contribution in [-0.4, -0.2) is 35.3 Å². The standard InChI is InChI=1S/C19H19F3N4O2/c1-28-16-2-5-24-11-15(16)17(27)12-3-6-26(7-4-12)14-8-13(9-23)18(25-10-14)19(20,21)22/h2,5,8,10-12,17,27H,3-4,6-7H2,1H3. The second kappa shape index (κ2) is 8.02. The molecular weight excluding hydrogens is 373 g/mol. The average molecular weight is 392 g/mol. The molecule has 1 unspecified atom stereocenters. The molecule has 3 heterocycles. The Morgan fingerprint density at radius 3 is 2.64 bits per heavy atom. The van der Waals surface area contributed by atoms with Crippen LogP contribution in [0.3, 0.4) is 0 Å². The van der Waals surface area contributed by atoms with Crippen molar-refractivity contribution in [3.8, 4) is 11.8 Å². The van der Waals surface area contributed by atoms with Crippen molar-refractivity contribution in [1.29, 1.82) is 5.26 Å². The zero-order valence-electron chi connectivity index (χ0n) is 15.1. The zero-order chi connectivity index (χ0) is 20.3. The molecule has 1 N–H and O–H groups in total. The second-order valence-electron chi connectivity index (χ2n) is 6.59. The number of methoxy groups -OCH3 is 1. The van der Waals surface area contributed by atoms with Gasteiger partial charge in [-0.05, 0) is 30.9 Å². The van der Waals surface area contributed by atoms with Gasteiger partial charge in [0.1, 0.15) is 11.8 Å². The van der Waals surface area contributed by atoms with Crippen molar-refractivity contribution in [1.82, 2.24) is 9.97 Å². The molecule has 0 radical (unpaired) electrons. The molecule has 6 nitrogen and oxygen atoms in total. The third-order valence-corrected chi connectivity index (χ3v) is 4.96. The topological polar surface area (TPSA) is 82.3 Å². The number of rotatable bonds is 4. The lowest BCUT2D eigenvalue weighted by Crippen LogP contribution is -2.36. The van der Waals surface area contributed by atoms with Crippen molar-refractivity contribution in [2.75, 3.05) is 25.1 Å². The number of pyridine rings is 2. The number of hydrogen-bond donors (Lipinski definition) is 1. The van der Waals surface area contributed by atoms with Gasteiger partial charge in [0.05, 0.1) is 30.7 Å². The summed E-state index contributed by atoms with van der Waals surface area (Å²) in [5.74, 6) is 0.530. The van der Waals surface area contributed by atoms with Gasteiger partial charge in [-0.1, -0.05) is 0 Å². The highest BCUT2D eigenvalue weighted by atomic mass is 19.4. The first kappa shape index (κ1) is 19.9.